The molecule has 1 amide bonds. The van der Waals surface area contributed by atoms with E-state index in [2.05, 4.69) is 0 Å². The number of alkyl halides is 3. The van der Waals surface area contributed by atoms with E-state index in [1.54, 1.807) is 0 Å². The van der Waals surface area contributed by atoms with Crippen molar-refractivity contribution in [3.8, 4) is 0 Å². The number of halogens is 3. The topological polar surface area (TPSA) is 57.6 Å². The third-order valence-electron chi connectivity index (χ3n) is 3.20. The van der Waals surface area contributed by atoms with E-state index in [9.17, 15) is 22.8 Å². The average molecular weight is 307 g/mol. The second kappa shape index (κ2) is 5.43. The van der Waals surface area contributed by atoms with E-state index >= 15 is 0 Å². The highest BCUT2D eigenvalue weighted by Gasteiger charge is 2.42. The van der Waals surface area contributed by atoms with Gasteiger partial charge >= 0.3 is 12.1 Å². The van der Waals surface area contributed by atoms with E-state index in [-0.39, 0.29) is 29.3 Å². The second-order valence-corrected chi connectivity index (χ2v) is 5.68. The standard InChI is InChI=1S/C12H12F3NO3S/c13-12(14,15)7-2-1-5-16(6-7)10(17)8-3-4-9(20-8)11(18)19/h3-4,7H,1-2,5-6H2,(H,18,19). The van der Waals surface area contributed by atoms with Crippen molar-refractivity contribution in [2.75, 3.05) is 13.1 Å². The first-order chi connectivity index (χ1) is 9.29. The first-order valence-electron chi connectivity index (χ1n) is 5.98. The second-order valence-electron chi connectivity index (χ2n) is 4.60. The van der Waals surface area contributed by atoms with Crippen LogP contribution in [0.15, 0.2) is 12.1 Å². The van der Waals surface area contributed by atoms with Gasteiger partial charge in [-0.1, -0.05) is 0 Å². The maximum atomic E-state index is 12.7. The lowest BCUT2D eigenvalue weighted by Gasteiger charge is -2.33. The van der Waals surface area contributed by atoms with Crippen LogP contribution >= 0.6 is 11.3 Å². The van der Waals surface area contributed by atoms with Gasteiger partial charge in [-0.25, -0.2) is 4.79 Å². The van der Waals surface area contributed by atoms with Crippen LogP contribution in [0.5, 0.6) is 0 Å². The Morgan fingerprint density at radius 2 is 1.95 bits per heavy atom. The Hall–Kier alpha value is -1.57. The average Bonchev–Trinajstić information content (AvgIpc) is 2.87. The lowest BCUT2D eigenvalue weighted by atomic mass is 9.97. The van der Waals surface area contributed by atoms with Gasteiger partial charge in [0.1, 0.15) is 4.88 Å². The zero-order chi connectivity index (χ0) is 14.9. The summed E-state index contributed by atoms with van der Waals surface area (Å²) < 4.78 is 38.0. The Labute approximate surface area is 116 Å². The smallest absolute Gasteiger partial charge is 0.393 e. The number of amides is 1. The fourth-order valence-corrected chi connectivity index (χ4v) is 2.97. The van der Waals surface area contributed by atoms with Crippen molar-refractivity contribution in [2.24, 2.45) is 5.92 Å². The van der Waals surface area contributed by atoms with Gasteiger partial charge < -0.3 is 10.0 Å². The molecule has 1 aliphatic heterocycles. The highest BCUT2D eigenvalue weighted by Crippen LogP contribution is 2.33. The summed E-state index contributed by atoms with van der Waals surface area (Å²) in [6.07, 6.45) is -3.98. The highest BCUT2D eigenvalue weighted by atomic mass is 32.1. The molecule has 2 rings (SSSR count). The van der Waals surface area contributed by atoms with Gasteiger partial charge in [-0.15, -0.1) is 11.3 Å². The van der Waals surface area contributed by atoms with Crippen LogP contribution < -0.4 is 0 Å². The number of carbonyl (C=O) groups excluding carboxylic acids is 1. The fraction of sp³-hybridized carbons (Fsp3) is 0.500. The fourth-order valence-electron chi connectivity index (χ4n) is 2.15. The molecule has 0 radical (unpaired) electrons. The van der Waals surface area contributed by atoms with Crippen LogP contribution in [-0.4, -0.2) is 41.1 Å². The zero-order valence-electron chi connectivity index (χ0n) is 10.3. The lowest BCUT2D eigenvalue weighted by Crippen LogP contribution is -2.44. The number of rotatable bonds is 2. The first kappa shape index (κ1) is 14.8. The number of hydrogen-bond donors (Lipinski definition) is 1. The minimum Gasteiger partial charge on any atom is -0.477 e. The number of aromatic carboxylic acids is 1. The van der Waals surface area contributed by atoms with Crippen LogP contribution in [0.25, 0.3) is 0 Å². The molecule has 1 aromatic heterocycles. The molecule has 0 aromatic carbocycles. The third kappa shape index (κ3) is 3.12. The number of thiophene rings is 1. The van der Waals surface area contributed by atoms with Crippen molar-refractivity contribution in [3.63, 3.8) is 0 Å². The summed E-state index contributed by atoms with van der Waals surface area (Å²) in [5, 5.41) is 8.78. The number of hydrogen-bond acceptors (Lipinski definition) is 3. The summed E-state index contributed by atoms with van der Waals surface area (Å²) in [5.74, 6) is -3.18. The maximum absolute atomic E-state index is 12.7. The number of carboxylic acid groups (broad SMARTS) is 1. The molecule has 1 aliphatic rings. The molecule has 1 saturated heterocycles. The van der Waals surface area contributed by atoms with Gasteiger partial charge in [-0.2, -0.15) is 13.2 Å². The van der Waals surface area contributed by atoms with Crippen LogP contribution in [-0.2, 0) is 0 Å². The van der Waals surface area contributed by atoms with E-state index < -0.39 is 24.0 Å². The molecular formula is C12H12F3NO3S. The van der Waals surface area contributed by atoms with Crippen LogP contribution in [0.2, 0.25) is 0 Å². The molecule has 1 fully saturated rings. The van der Waals surface area contributed by atoms with Crippen molar-refractivity contribution < 1.29 is 27.9 Å². The summed E-state index contributed by atoms with van der Waals surface area (Å²) in [7, 11) is 0. The molecule has 0 saturated carbocycles. The number of piperidine rings is 1. The van der Waals surface area contributed by atoms with E-state index in [0.717, 1.165) is 16.2 Å². The lowest BCUT2D eigenvalue weighted by molar-refractivity contribution is -0.184. The Kier molecular flexibility index (Phi) is 4.03. The molecule has 1 atom stereocenters. The molecule has 20 heavy (non-hydrogen) atoms. The van der Waals surface area contributed by atoms with Crippen LogP contribution in [0.4, 0.5) is 13.2 Å². The molecule has 1 unspecified atom stereocenters. The Morgan fingerprint density at radius 1 is 1.30 bits per heavy atom. The molecule has 1 aromatic rings. The monoisotopic (exact) mass is 307 g/mol. The quantitative estimate of drug-likeness (QED) is 0.914. The van der Waals surface area contributed by atoms with Crippen LogP contribution in [0.3, 0.4) is 0 Å². The summed E-state index contributed by atoms with van der Waals surface area (Å²) in [4.78, 5) is 24.1. The van der Waals surface area contributed by atoms with Crippen molar-refractivity contribution in [2.45, 2.75) is 19.0 Å². The molecule has 2 heterocycles. The molecule has 1 N–H and O–H groups in total. The summed E-state index contributed by atoms with van der Waals surface area (Å²) >= 11 is 0.779. The van der Waals surface area contributed by atoms with Gasteiger partial charge in [0.2, 0.25) is 0 Å². The van der Waals surface area contributed by atoms with Gasteiger partial charge in [0, 0.05) is 13.1 Å². The Morgan fingerprint density at radius 3 is 2.50 bits per heavy atom. The summed E-state index contributed by atoms with van der Waals surface area (Å²) in [6, 6.07) is 2.62. The van der Waals surface area contributed by atoms with E-state index in [1.165, 1.54) is 12.1 Å². The van der Waals surface area contributed by atoms with Crippen LogP contribution in [0.1, 0.15) is 32.2 Å². The zero-order valence-corrected chi connectivity index (χ0v) is 11.1. The number of carboxylic acids is 1. The van der Waals surface area contributed by atoms with Gasteiger partial charge in [0.05, 0.1) is 10.8 Å². The maximum Gasteiger partial charge on any atom is 0.393 e. The summed E-state index contributed by atoms with van der Waals surface area (Å²) in [5.41, 5.74) is 0. The molecule has 0 bridgehead atoms. The van der Waals surface area contributed by atoms with Crippen molar-refractivity contribution in [3.05, 3.63) is 21.9 Å². The van der Waals surface area contributed by atoms with Gasteiger partial charge in [0.15, 0.2) is 0 Å². The molecule has 110 valence electrons. The Balaban J connectivity index is 2.10. The minimum absolute atomic E-state index is 0.00210. The van der Waals surface area contributed by atoms with Crippen molar-refractivity contribution in [1.29, 1.82) is 0 Å². The molecule has 4 nitrogen and oxygen atoms in total. The predicted octanol–water partition coefficient (Wildman–Crippen LogP) is 2.86. The minimum atomic E-state index is -4.30. The Bertz CT molecular complexity index is 526. The van der Waals surface area contributed by atoms with Crippen molar-refractivity contribution in [1.82, 2.24) is 4.90 Å². The van der Waals surface area contributed by atoms with E-state index in [4.69, 9.17) is 5.11 Å². The van der Waals surface area contributed by atoms with E-state index in [0.29, 0.717) is 6.42 Å². The van der Waals surface area contributed by atoms with E-state index in [1.807, 2.05) is 0 Å². The third-order valence-corrected chi connectivity index (χ3v) is 4.26. The van der Waals surface area contributed by atoms with Gasteiger partial charge in [-0.3, -0.25) is 4.79 Å². The number of carbonyl (C=O) groups is 2. The number of likely N-dealkylation sites (tertiary alicyclic amines) is 1. The highest BCUT2D eigenvalue weighted by molar-refractivity contribution is 7.15. The number of nitrogens with zero attached hydrogens (tertiary/aromatic N) is 1. The predicted molar refractivity (Wildman–Crippen MR) is 66.0 cm³/mol. The molecule has 0 spiro atoms. The molecule has 0 aliphatic carbocycles. The normalized spacial score (nSPS) is 19.9. The first-order valence-corrected chi connectivity index (χ1v) is 6.80. The van der Waals surface area contributed by atoms with Crippen LogP contribution in [0, 0.1) is 5.92 Å². The molecule has 8 heteroatoms. The molecular weight excluding hydrogens is 295 g/mol. The summed E-state index contributed by atoms with van der Waals surface area (Å²) in [6.45, 7) is -0.0889. The van der Waals surface area contributed by atoms with Gasteiger partial charge in [0.25, 0.3) is 5.91 Å². The van der Waals surface area contributed by atoms with Gasteiger partial charge in [-0.05, 0) is 25.0 Å². The van der Waals surface area contributed by atoms with Crippen molar-refractivity contribution >= 4 is 23.2 Å². The largest absolute Gasteiger partial charge is 0.477 e. The SMILES string of the molecule is O=C(O)c1ccc(C(=O)N2CCCC(C(F)(F)F)C2)s1.